The minimum absolute atomic E-state index is 0.304. The maximum absolute atomic E-state index is 12.0. The average Bonchev–Trinajstić information content (AvgIpc) is 2.48. The molecule has 21 heavy (non-hydrogen) atoms. The van der Waals surface area contributed by atoms with Crippen LogP contribution in [0.15, 0.2) is 42.7 Å². The van der Waals surface area contributed by atoms with Gasteiger partial charge in [0.2, 0.25) is 0 Å². The Kier molecular flexibility index (Phi) is 4.40. The van der Waals surface area contributed by atoms with Crippen molar-refractivity contribution in [2.45, 2.75) is 6.92 Å². The number of hydrogen-bond donors (Lipinski definition) is 2. The zero-order valence-electron chi connectivity index (χ0n) is 11.3. The van der Waals surface area contributed by atoms with E-state index in [1.54, 1.807) is 18.2 Å². The standard InChI is InChI=1S/C15H13N3O3/c1-10-2-4-13(8-11(10)3-5-14(19)20)18-15(21)12-6-7-16-17-9-12/h2-9H,1H3,(H,18,21)(H,19,20)/b5-3+. The van der Waals surface area contributed by atoms with E-state index in [-0.39, 0.29) is 5.91 Å². The Hall–Kier alpha value is -3.02. The molecule has 0 fully saturated rings. The van der Waals surface area contributed by atoms with Gasteiger partial charge in [-0.25, -0.2) is 4.79 Å². The Morgan fingerprint density at radius 3 is 2.71 bits per heavy atom. The summed E-state index contributed by atoms with van der Waals surface area (Å²) in [5.41, 5.74) is 2.61. The van der Waals surface area contributed by atoms with Gasteiger partial charge in [-0.3, -0.25) is 4.79 Å². The first-order valence-electron chi connectivity index (χ1n) is 6.16. The fourth-order valence-electron chi connectivity index (χ4n) is 1.69. The van der Waals surface area contributed by atoms with E-state index in [0.29, 0.717) is 11.3 Å². The van der Waals surface area contributed by atoms with Crippen molar-refractivity contribution in [1.82, 2.24) is 10.2 Å². The molecule has 1 heterocycles. The van der Waals surface area contributed by atoms with Gasteiger partial charge in [-0.1, -0.05) is 6.07 Å². The molecular formula is C15H13N3O3. The first kappa shape index (κ1) is 14.4. The van der Waals surface area contributed by atoms with Crippen LogP contribution in [0.5, 0.6) is 0 Å². The second kappa shape index (κ2) is 6.42. The van der Waals surface area contributed by atoms with Gasteiger partial charge in [0, 0.05) is 11.8 Å². The van der Waals surface area contributed by atoms with Crippen molar-refractivity contribution in [2.75, 3.05) is 5.32 Å². The molecular weight excluding hydrogens is 270 g/mol. The van der Waals surface area contributed by atoms with Crippen LogP contribution in [0.25, 0.3) is 6.08 Å². The number of carbonyl (C=O) groups is 2. The number of carboxylic acids is 1. The predicted molar refractivity (Wildman–Crippen MR) is 77.8 cm³/mol. The van der Waals surface area contributed by atoms with E-state index < -0.39 is 5.97 Å². The van der Waals surface area contributed by atoms with E-state index >= 15 is 0 Å². The summed E-state index contributed by atoms with van der Waals surface area (Å²) in [5, 5.41) is 18.6. The van der Waals surface area contributed by atoms with Crippen LogP contribution in [0.2, 0.25) is 0 Å². The lowest BCUT2D eigenvalue weighted by Gasteiger charge is -2.07. The number of rotatable bonds is 4. The van der Waals surface area contributed by atoms with Crippen molar-refractivity contribution in [1.29, 1.82) is 0 Å². The summed E-state index contributed by atoms with van der Waals surface area (Å²) in [4.78, 5) is 22.5. The van der Waals surface area contributed by atoms with Crippen LogP contribution in [0.3, 0.4) is 0 Å². The number of aryl methyl sites for hydroxylation is 1. The summed E-state index contributed by atoms with van der Waals surface area (Å²) in [6, 6.07) is 6.82. The number of hydrogen-bond acceptors (Lipinski definition) is 4. The minimum atomic E-state index is -1.02. The van der Waals surface area contributed by atoms with Crippen molar-refractivity contribution < 1.29 is 14.7 Å². The molecule has 0 saturated heterocycles. The van der Waals surface area contributed by atoms with Gasteiger partial charge in [-0.05, 0) is 42.3 Å². The number of aliphatic carboxylic acids is 1. The molecule has 0 saturated carbocycles. The second-order valence-electron chi connectivity index (χ2n) is 4.33. The van der Waals surface area contributed by atoms with Gasteiger partial charge in [0.1, 0.15) is 0 Å². The predicted octanol–water partition coefficient (Wildman–Crippen LogP) is 2.14. The number of nitrogens with zero attached hydrogens (tertiary/aromatic N) is 2. The number of anilines is 1. The maximum atomic E-state index is 12.0. The van der Waals surface area contributed by atoms with Gasteiger partial charge < -0.3 is 10.4 Å². The number of aromatic nitrogens is 2. The normalized spacial score (nSPS) is 10.5. The average molecular weight is 283 g/mol. The van der Waals surface area contributed by atoms with E-state index in [0.717, 1.165) is 17.2 Å². The quantitative estimate of drug-likeness (QED) is 0.839. The van der Waals surface area contributed by atoms with E-state index in [2.05, 4.69) is 15.5 Å². The SMILES string of the molecule is Cc1ccc(NC(=O)c2ccnnc2)cc1/C=C/C(=O)O. The number of carbonyl (C=O) groups excluding carboxylic acids is 1. The van der Waals surface area contributed by atoms with Crippen LogP contribution < -0.4 is 5.32 Å². The highest BCUT2D eigenvalue weighted by Gasteiger charge is 2.07. The molecule has 2 aromatic rings. The molecule has 2 N–H and O–H groups in total. The summed E-state index contributed by atoms with van der Waals surface area (Å²) in [5.74, 6) is -1.33. The molecule has 0 unspecified atom stereocenters. The van der Waals surface area contributed by atoms with Crippen molar-refractivity contribution in [3.8, 4) is 0 Å². The molecule has 6 heteroatoms. The van der Waals surface area contributed by atoms with Crippen molar-refractivity contribution >= 4 is 23.6 Å². The third-order valence-corrected chi connectivity index (χ3v) is 2.79. The molecule has 0 aliphatic rings. The Bertz CT molecular complexity index is 697. The lowest BCUT2D eigenvalue weighted by atomic mass is 10.1. The van der Waals surface area contributed by atoms with Gasteiger partial charge in [0.15, 0.2) is 0 Å². The lowest BCUT2D eigenvalue weighted by molar-refractivity contribution is -0.131. The van der Waals surface area contributed by atoms with Crippen LogP contribution >= 0.6 is 0 Å². The zero-order chi connectivity index (χ0) is 15.2. The van der Waals surface area contributed by atoms with Crippen LogP contribution in [-0.4, -0.2) is 27.2 Å². The van der Waals surface area contributed by atoms with Crippen LogP contribution in [0, 0.1) is 6.92 Å². The van der Waals surface area contributed by atoms with Gasteiger partial charge in [0.05, 0.1) is 18.0 Å². The Labute approximate surface area is 121 Å². The fourth-order valence-corrected chi connectivity index (χ4v) is 1.69. The summed E-state index contributed by atoms with van der Waals surface area (Å²) in [6.07, 6.45) is 5.35. The number of nitrogens with one attached hydrogen (secondary N) is 1. The monoisotopic (exact) mass is 283 g/mol. The van der Waals surface area contributed by atoms with E-state index in [1.165, 1.54) is 18.5 Å². The second-order valence-corrected chi connectivity index (χ2v) is 4.33. The molecule has 0 aliphatic heterocycles. The number of carboxylic acid groups (broad SMARTS) is 1. The molecule has 6 nitrogen and oxygen atoms in total. The van der Waals surface area contributed by atoms with Crippen molar-refractivity contribution in [3.63, 3.8) is 0 Å². The van der Waals surface area contributed by atoms with Gasteiger partial charge >= 0.3 is 5.97 Å². The van der Waals surface area contributed by atoms with Crippen LogP contribution in [-0.2, 0) is 4.79 Å². The maximum Gasteiger partial charge on any atom is 0.328 e. The largest absolute Gasteiger partial charge is 0.478 e. The molecule has 0 bridgehead atoms. The molecule has 1 aromatic heterocycles. The summed E-state index contributed by atoms with van der Waals surface area (Å²) in [7, 11) is 0. The van der Waals surface area contributed by atoms with Crippen molar-refractivity contribution in [3.05, 3.63) is 59.4 Å². The van der Waals surface area contributed by atoms with Crippen LogP contribution in [0.1, 0.15) is 21.5 Å². The third kappa shape index (κ3) is 3.97. The van der Waals surface area contributed by atoms with Crippen LogP contribution in [0.4, 0.5) is 5.69 Å². The molecule has 1 amide bonds. The molecule has 0 spiro atoms. The summed E-state index contributed by atoms with van der Waals surface area (Å²) >= 11 is 0. The Morgan fingerprint density at radius 2 is 2.05 bits per heavy atom. The van der Waals surface area contributed by atoms with Gasteiger partial charge in [-0.15, -0.1) is 0 Å². The highest BCUT2D eigenvalue weighted by Crippen LogP contribution is 2.17. The van der Waals surface area contributed by atoms with E-state index in [1.807, 2.05) is 13.0 Å². The first-order valence-corrected chi connectivity index (χ1v) is 6.16. The highest BCUT2D eigenvalue weighted by molar-refractivity contribution is 6.04. The molecule has 1 aromatic carbocycles. The molecule has 0 aliphatic carbocycles. The van der Waals surface area contributed by atoms with Gasteiger partial charge in [-0.2, -0.15) is 10.2 Å². The summed E-state index contributed by atoms with van der Waals surface area (Å²) < 4.78 is 0. The van der Waals surface area contributed by atoms with Crippen molar-refractivity contribution in [2.24, 2.45) is 0 Å². The third-order valence-electron chi connectivity index (χ3n) is 2.79. The Balaban J connectivity index is 2.19. The smallest absolute Gasteiger partial charge is 0.328 e. The number of amides is 1. The summed E-state index contributed by atoms with van der Waals surface area (Å²) in [6.45, 7) is 1.86. The molecule has 0 radical (unpaired) electrons. The van der Waals surface area contributed by atoms with Gasteiger partial charge in [0.25, 0.3) is 5.91 Å². The molecule has 0 atom stereocenters. The highest BCUT2D eigenvalue weighted by atomic mass is 16.4. The first-order chi connectivity index (χ1) is 10.1. The fraction of sp³-hybridized carbons (Fsp3) is 0.0667. The topological polar surface area (TPSA) is 92.2 Å². The van der Waals surface area contributed by atoms with E-state index in [9.17, 15) is 9.59 Å². The zero-order valence-corrected chi connectivity index (χ0v) is 11.3. The molecule has 106 valence electrons. The molecule has 2 rings (SSSR count). The Morgan fingerprint density at radius 1 is 1.24 bits per heavy atom. The minimum Gasteiger partial charge on any atom is -0.478 e. The number of benzene rings is 1. The lowest BCUT2D eigenvalue weighted by Crippen LogP contribution is -2.12. The van der Waals surface area contributed by atoms with E-state index in [4.69, 9.17) is 5.11 Å².